The SMILES string of the molecule is COC(=O)c1ccc(CN(CCc2cccc3c2cnn3C)[SH](=O)=O)c(F)c1. The van der Waals surface area contributed by atoms with Gasteiger partial charge >= 0.3 is 5.97 Å². The van der Waals surface area contributed by atoms with E-state index in [4.69, 9.17) is 0 Å². The summed E-state index contributed by atoms with van der Waals surface area (Å²) in [6, 6.07) is 9.62. The van der Waals surface area contributed by atoms with E-state index in [1.54, 1.807) is 10.9 Å². The van der Waals surface area contributed by atoms with Crippen LogP contribution >= 0.6 is 0 Å². The molecule has 0 N–H and O–H groups in total. The second-order valence-electron chi connectivity index (χ2n) is 6.29. The van der Waals surface area contributed by atoms with Crippen LogP contribution in [0.3, 0.4) is 0 Å². The molecule has 2 aromatic carbocycles. The third kappa shape index (κ3) is 4.20. The minimum absolute atomic E-state index is 0.0741. The average molecular weight is 405 g/mol. The van der Waals surface area contributed by atoms with Crippen molar-refractivity contribution in [1.29, 1.82) is 0 Å². The van der Waals surface area contributed by atoms with Gasteiger partial charge < -0.3 is 4.74 Å². The van der Waals surface area contributed by atoms with Crippen LogP contribution in [-0.4, -0.2) is 42.1 Å². The Morgan fingerprint density at radius 1 is 1.25 bits per heavy atom. The van der Waals surface area contributed by atoms with Gasteiger partial charge in [0.05, 0.1) is 24.4 Å². The molecular weight excluding hydrogens is 385 g/mol. The number of carbonyl (C=O) groups is 1. The van der Waals surface area contributed by atoms with Crippen molar-refractivity contribution in [1.82, 2.24) is 14.1 Å². The van der Waals surface area contributed by atoms with Crippen molar-refractivity contribution in [2.45, 2.75) is 13.0 Å². The Kier molecular flexibility index (Phi) is 6.05. The van der Waals surface area contributed by atoms with E-state index in [0.717, 1.165) is 22.5 Å². The van der Waals surface area contributed by atoms with Gasteiger partial charge in [0.1, 0.15) is 5.82 Å². The summed E-state index contributed by atoms with van der Waals surface area (Å²) in [4.78, 5) is 11.5. The first-order valence-corrected chi connectivity index (χ1v) is 9.69. The van der Waals surface area contributed by atoms with Crippen molar-refractivity contribution in [2.75, 3.05) is 13.7 Å². The van der Waals surface area contributed by atoms with Crippen LogP contribution in [0.4, 0.5) is 4.39 Å². The van der Waals surface area contributed by atoms with Crippen molar-refractivity contribution in [2.24, 2.45) is 7.05 Å². The van der Waals surface area contributed by atoms with Crippen molar-refractivity contribution >= 4 is 27.8 Å². The Morgan fingerprint density at radius 2 is 2.04 bits per heavy atom. The Bertz CT molecular complexity index is 1090. The molecule has 1 aromatic heterocycles. The number of thiol groups is 1. The first-order chi connectivity index (χ1) is 13.4. The highest BCUT2D eigenvalue weighted by atomic mass is 32.2. The maximum Gasteiger partial charge on any atom is 0.337 e. The largest absolute Gasteiger partial charge is 0.465 e. The van der Waals surface area contributed by atoms with Crippen LogP contribution in [0, 0.1) is 5.82 Å². The maximum absolute atomic E-state index is 14.3. The second-order valence-corrected chi connectivity index (χ2v) is 7.33. The molecule has 0 bridgehead atoms. The lowest BCUT2D eigenvalue weighted by Crippen LogP contribution is -2.24. The molecule has 1 heterocycles. The molecule has 9 heteroatoms. The topological polar surface area (TPSA) is 81.5 Å². The van der Waals surface area contributed by atoms with Crippen molar-refractivity contribution in [3.63, 3.8) is 0 Å². The summed E-state index contributed by atoms with van der Waals surface area (Å²) in [5, 5.41) is 5.18. The average Bonchev–Trinajstić information content (AvgIpc) is 3.07. The van der Waals surface area contributed by atoms with E-state index in [1.807, 2.05) is 25.2 Å². The zero-order valence-electron chi connectivity index (χ0n) is 15.5. The fraction of sp³-hybridized carbons (Fsp3) is 0.263. The van der Waals surface area contributed by atoms with Gasteiger partial charge in [-0.2, -0.15) is 9.40 Å². The molecule has 0 aliphatic rings. The highest BCUT2D eigenvalue weighted by molar-refractivity contribution is 7.69. The summed E-state index contributed by atoms with van der Waals surface area (Å²) < 4.78 is 45.1. The summed E-state index contributed by atoms with van der Waals surface area (Å²) in [5.41, 5.74) is 2.19. The fourth-order valence-corrected chi connectivity index (χ4v) is 3.57. The summed E-state index contributed by atoms with van der Waals surface area (Å²) >= 11 is 0. The summed E-state index contributed by atoms with van der Waals surface area (Å²) in [7, 11) is 0.147. The van der Waals surface area contributed by atoms with Gasteiger partial charge in [-0.15, -0.1) is 0 Å². The molecule has 0 amide bonds. The van der Waals surface area contributed by atoms with E-state index < -0.39 is 22.7 Å². The number of halogens is 1. The standard InChI is InChI=1S/C19H20FN3O4S/c1-22-18-5-3-4-13(16(18)11-21-22)8-9-23(28(25)26)12-15-7-6-14(10-17(15)20)19(24)27-2/h3-7,10-11,28H,8-9,12H2,1-2H3. The predicted octanol–water partition coefficient (Wildman–Crippen LogP) is 2.07. The Labute approximate surface area is 163 Å². The number of benzene rings is 2. The Hall–Kier alpha value is -2.78. The van der Waals surface area contributed by atoms with E-state index >= 15 is 0 Å². The van der Waals surface area contributed by atoms with Gasteiger partial charge in [-0.05, 0) is 30.2 Å². The number of ether oxygens (including phenoxy) is 1. The van der Waals surface area contributed by atoms with E-state index in [9.17, 15) is 17.6 Å². The number of rotatable bonds is 7. The van der Waals surface area contributed by atoms with Gasteiger partial charge in [-0.3, -0.25) is 4.68 Å². The van der Waals surface area contributed by atoms with Crippen LogP contribution < -0.4 is 0 Å². The normalized spacial score (nSPS) is 11.5. The van der Waals surface area contributed by atoms with Crippen LogP contribution in [0.1, 0.15) is 21.5 Å². The van der Waals surface area contributed by atoms with Gasteiger partial charge in [-0.25, -0.2) is 17.6 Å². The molecule has 0 spiro atoms. The Morgan fingerprint density at radius 3 is 2.71 bits per heavy atom. The number of fused-ring (bicyclic) bond motifs is 1. The lowest BCUT2D eigenvalue weighted by Gasteiger charge is -2.16. The van der Waals surface area contributed by atoms with Crippen LogP contribution in [-0.2, 0) is 35.6 Å². The number of nitrogens with zero attached hydrogens (tertiary/aromatic N) is 3. The summed E-state index contributed by atoms with van der Waals surface area (Å²) in [6.07, 6.45) is 2.21. The number of esters is 1. The van der Waals surface area contributed by atoms with Crippen LogP contribution in [0.15, 0.2) is 42.6 Å². The van der Waals surface area contributed by atoms with E-state index in [2.05, 4.69) is 9.84 Å². The smallest absolute Gasteiger partial charge is 0.337 e. The molecular formula is C19H20FN3O4S. The molecule has 0 aliphatic carbocycles. The lowest BCUT2D eigenvalue weighted by atomic mass is 10.1. The van der Waals surface area contributed by atoms with Crippen LogP contribution in [0.25, 0.3) is 10.9 Å². The summed E-state index contributed by atoms with van der Waals surface area (Å²) in [6.45, 7) is 0.0832. The van der Waals surface area contributed by atoms with Gasteiger partial charge in [0, 0.05) is 31.1 Å². The summed E-state index contributed by atoms with van der Waals surface area (Å²) in [5.74, 6) is -1.30. The van der Waals surface area contributed by atoms with Crippen molar-refractivity contribution < 1.29 is 22.3 Å². The number of hydrogen-bond donors (Lipinski definition) is 1. The zero-order valence-corrected chi connectivity index (χ0v) is 16.4. The number of aryl methyl sites for hydroxylation is 1. The minimum atomic E-state index is -2.90. The number of hydrogen-bond acceptors (Lipinski definition) is 5. The van der Waals surface area contributed by atoms with Crippen molar-refractivity contribution in [3.8, 4) is 0 Å². The molecule has 0 radical (unpaired) electrons. The lowest BCUT2D eigenvalue weighted by molar-refractivity contribution is 0.0600. The molecule has 0 fully saturated rings. The highest BCUT2D eigenvalue weighted by Crippen LogP contribution is 2.19. The van der Waals surface area contributed by atoms with E-state index in [0.29, 0.717) is 6.42 Å². The third-order valence-corrected chi connectivity index (χ3v) is 5.38. The van der Waals surface area contributed by atoms with Crippen LogP contribution in [0.2, 0.25) is 0 Å². The fourth-order valence-electron chi connectivity index (χ4n) is 3.04. The molecule has 28 heavy (non-hydrogen) atoms. The van der Waals surface area contributed by atoms with E-state index in [1.165, 1.54) is 23.5 Å². The number of carbonyl (C=O) groups excluding carboxylic acids is 1. The van der Waals surface area contributed by atoms with Gasteiger partial charge in [0.2, 0.25) is 10.9 Å². The number of aromatic nitrogens is 2. The number of methoxy groups -OCH3 is 1. The molecule has 0 unspecified atom stereocenters. The van der Waals surface area contributed by atoms with Gasteiger partial charge in [0.25, 0.3) is 0 Å². The second kappa shape index (κ2) is 8.49. The minimum Gasteiger partial charge on any atom is -0.465 e. The first kappa shape index (κ1) is 20.0. The molecule has 0 saturated heterocycles. The molecule has 0 saturated carbocycles. The first-order valence-electron chi connectivity index (χ1n) is 8.56. The van der Waals surface area contributed by atoms with Crippen LogP contribution in [0.5, 0.6) is 0 Å². The maximum atomic E-state index is 14.3. The molecule has 3 aromatic rings. The molecule has 7 nitrogen and oxygen atoms in total. The highest BCUT2D eigenvalue weighted by Gasteiger charge is 2.15. The van der Waals surface area contributed by atoms with Crippen molar-refractivity contribution in [3.05, 3.63) is 65.1 Å². The predicted molar refractivity (Wildman–Crippen MR) is 103 cm³/mol. The third-order valence-electron chi connectivity index (χ3n) is 4.58. The Balaban J connectivity index is 1.76. The molecule has 0 aliphatic heterocycles. The zero-order chi connectivity index (χ0) is 20.3. The van der Waals surface area contributed by atoms with Gasteiger partial charge in [-0.1, -0.05) is 18.2 Å². The van der Waals surface area contributed by atoms with Gasteiger partial charge in [0.15, 0.2) is 0 Å². The molecule has 0 atom stereocenters. The molecule has 3 rings (SSSR count). The quantitative estimate of drug-likeness (QED) is 0.481. The monoisotopic (exact) mass is 405 g/mol. The van der Waals surface area contributed by atoms with E-state index in [-0.39, 0.29) is 24.2 Å². The molecule has 148 valence electrons.